The zero-order valence-corrected chi connectivity index (χ0v) is 10.4. The van der Waals surface area contributed by atoms with Crippen LogP contribution in [0.1, 0.15) is 20.3 Å². The standard InChI is InChI=1S/C13H16FN3O/c1-3-13(2,7-18)17-12-10-6-9(14)4-5-11(10)15-8-16-12/h4-6,8,18H,3,7H2,1-2H3,(H,15,16,17). The zero-order valence-electron chi connectivity index (χ0n) is 10.4. The Kier molecular flexibility index (Phi) is 3.43. The van der Waals surface area contributed by atoms with Crippen molar-refractivity contribution in [3.05, 3.63) is 30.3 Å². The Labute approximate surface area is 105 Å². The second-order valence-corrected chi connectivity index (χ2v) is 4.58. The minimum atomic E-state index is -0.479. The molecule has 5 heteroatoms. The van der Waals surface area contributed by atoms with E-state index in [1.54, 1.807) is 6.07 Å². The van der Waals surface area contributed by atoms with E-state index in [0.29, 0.717) is 16.7 Å². The lowest BCUT2D eigenvalue weighted by Crippen LogP contribution is -2.38. The van der Waals surface area contributed by atoms with Gasteiger partial charge in [-0.05, 0) is 31.5 Å². The van der Waals surface area contributed by atoms with E-state index in [9.17, 15) is 9.50 Å². The minimum absolute atomic E-state index is 0.0235. The van der Waals surface area contributed by atoms with E-state index in [1.807, 2.05) is 13.8 Å². The molecular formula is C13H16FN3O. The summed E-state index contributed by atoms with van der Waals surface area (Å²) in [6.45, 7) is 3.83. The largest absolute Gasteiger partial charge is 0.394 e. The molecule has 1 unspecified atom stereocenters. The first kappa shape index (κ1) is 12.7. The summed E-state index contributed by atoms with van der Waals surface area (Å²) in [5, 5.41) is 13.2. The minimum Gasteiger partial charge on any atom is -0.394 e. The molecule has 1 atom stereocenters. The van der Waals surface area contributed by atoms with Crippen LogP contribution in [-0.4, -0.2) is 27.2 Å². The van der Waals surface area contributed by atoms with Crippen molar-refractivity contribution < 1.29 is 9.50 Å². The second-order valence-electron chi connectivity index (χ2n) is 4.58. The van der Waals surface area contributed by atoms with Crippen LogP contribution < -0.4 is 5.32 Å². The van der Waals surface area contributed by atoms with Crippen LogP contribution in [-0.2, 0) is 0 Å². The van der Waals surface area contributed by atoms with Gasteiger partial charge in [-0.2, -0.15) is 0 Å². The van der Waals surface area contributed by atoms with Crippen LogP contribution in [0.2, 0.25) is 0 Å². The predicted octanol–water partition coefficient (Wildman–Crippen LogP) is 2.34. The Balaban J connectivity index is 2.47. The molecule has 2 rings (SSSR count). The number of hydrogen-bond donors (Lipinski definition) is 2. The van der Waals surface area contributed by atoms with Gasteiger partial charge in [0.25, 0.3) is 0 Å². The zero-order chi connectivity index (χ0) is 13.2. The van der Waals surface area contributed by atoms with Crippen LogP contribution in [0.4, 0.5) is 10.2 Å². The summed E-state index contributed by atoms with van der Waals surface area (Å²) in [6, 6.07) is 4.37. The molecule has 0 bridgehead atoms. The molecule has 1 aromatic carbocycles. The van der Waals surface area contributed by atoms with E-state index in [-0.39, 0.29) is 12.4 Å². The van der Waals surface area contributed by atoms with Gasteiger partial charge in [0.15, 0.2) is 0 Å². The predicted molar refractivity (Wildman–Crippen MR) is 68.9 cm³/mol. The van der Waals surface area contributed by atoms with Crippen molar-refractivity contribution in [2.45, 2.75) is 25.8 Å². The molecule has 0 amide bonds. The van der Waals surface area contributed by atoms with Gasteiger partial charge in [0, 0.05) is 5.39 Å². The number of aliphatic hydroxyl groups excluding tert-OH is 1. The number of aromatic nitrogens is 2. The van der Waals surface area contributed by atoms with E-state index < -0.39 is 5.54 Å². The third-order valence-electron chi connectivity index (χ3n) is 3.15. The molecule has 2 N–H and O–H groups in total. The second kappa shape index (κ2) is 4.86. The molecule has 18 heavy (non-hydrogen) atoms. The number of aliphatic hydroxyl groups is 1. The summed E-state index contributed by atoms with van der Waals surface area (Å²) in [5.41, 5.74) is 0.193. The van der Waals surface area contributed by atoms with Crippen molar-refractivity contribution in [1.82, 2.24) is 9.97 Å². The van der Waals surface area contributed by atoms with Gasteiger partial charge in [-0.15, -0.1) is 0 Å². The summed E-state index contributed by atoms with van der Waals surface area (Å²) in [6.07, 6.45) is 2.15. The maximum atomic E-state index is 13.3. The number of fused-ring (bicyclic) bond motifs is 1. The Morgan fingerprint density at radius 1 is 1.39 bits per heavy atom. The van der Waals surface area contributed by atoms with E-state index >= 15 is 0 Å². The molecule has 4 nitrogen and oxygen atoms in total. The van der Waals surface area contributed by atoms with Gasteiger partial charge < -0.3 is 10.4 Å². The lowest BCUT2D eigenvalue weighted by molar-refractivity contribution is 0.218. The number of nitrogens with one attached hydrogen (secondary N) is 1. The van der Waals surface area contributed by atoms with Crippen LogP contribution in [0.5, 0.6) is 0 Å². The molecular weight excluding hydrogens is 233 g/mol. The topological polar surface area (TPSA) is 58.0 Å². The Hall–Kier alpha value is -1.75. The number of benzene rings is 1. The fourth-order valence-electron chi connectivity index (χ4n) is 1.65. The number of rotatable bonds is 4. The number of halogens is 1. The Bertz CT molecular complexity index is 555. The van der Waals surface area contributed by atoms with E-state index in [1.165, 1.54) is 18.5 Å². The van der Waals surface area contributed by atoms with Crippen molar-refractivity contribution in [2.75, 3.05) is 11.9 Å². The quantitative estimate of drug-likeness (QED) is 0.873. The molecule has 0 saturated heterocycles. The smallest absolute Gasteiger partial charge is 0.137 e. The molecule has 0 radical (unpaired) electrons. The van der Waals surface area contributed by atoms with Gasteiger partial charge in [0.1, 0.15) is 18.0 Å². The monoisotopic (exact) mass is 249 g/mol. The van der Waals surface area contributed by atoms with Crippen LogP contribution in [0.3, 0.4) is 0 Å². The van der Waals surface area contributed by atoms with Crippen molar-refractivity contribution in [1.29, 1.82) is 0 Å². The maximum Gasteiger partial charge on any atom is 0.137 e. The third-order valence-corrected chi connectivity index (χ3v) is 3.15. The first-order valence-corrected chi connectivity index (χ1v) is 5.87. The average Bonchev–Trinajstić information content (AvgIpc) is 2.39. The van der Waals surface area contributed by atoms with Gasteiger partial charge in [0.2, 0.25) is 0 Å². The van der Waals surface area contributed by atoms with Gasteiger partial charge in [0.05, 0.1) is 17.7 Å². The maximum absolute atomic E-state index is 13.3. The fraction of sp³-hybridized carbons (Fsp3) is 0.385. The molecule has 0 saturated carbocycles. The average molecular weight is 249 g/mol. The Morgan fingerprint density at radius 2 is 2.17 bits per heavy atom. The van der Waals surface area contributed by atoms with Gasteiger partial charge >= 0.3 is 0 Å². The molecule has 0 spiro atoms. The molecule has 1 heterocycles. The molecule has 0 aliphatic heterocycles. The third kappa shape index (κ3) is 2.41. The molecule has 0 fully saturated rings. The van der Waals surface area contributed by atoms with Crippen molar-refractivity contribution in [3.8, 4) is 0 Å². The van der Waals surface area contributed by atoms with Crippen LogP contribution in [0.25, 0.3) is 10.9 Å². The number of nitrogens with zero attached hydrogens (tertiary/aromatic N) is 2. The first-order valence-electron chi connectivity index (χ1n) is 5.87. The normalized spacial score (nSPS) is 14.4. The summed E-state index contributed by atoms with van der Waals surface area (Å²) >= 11 is 0. The fourth-order valence-corrected chi connectivity index (χ4v) is 1.65. The highest BCUT2D eigenvalue weighted by Crippen LogP contribution is 2.24. The molecule has 2 aromatic rings. The highest BCUT2D eigenvalue weighted by atomic mass is 19.1. The highest BCUT2D eigenvalue weighted by Gasteiger charge is 2.22. The lowest BCUT2D eigenvalue weighted by atomic mass is 10.00. The van der Waals surface area contributed by atoms with E-state index in [2.05, 4.69) is 15.3 Å². The van der Waals surface area contributed by atoms with E-state index in [0.717, 1.165) is 6.42 Å². The van der Waals surface area contributed by atoms with Crippen molar-refractivity contribution in [3.63, 3.8) is 0 Å². The number of hydrogen-bond acceptors (Lipinski definition) is 4. The van der Waals surface area contributed by atoms with Crippen LogP contribution in [0, 0.1) is 5.82 Å². The van der Waals surface area contributed by atoms with Gasteiger partial charge in [-0.25, -0.2) is 14.4 Å². The highest BCUT2D eigenvalue weighted by molar-refractivity contribution is 5.89. The summed E-state index contributed by atoms with van der Waals surface area (Å²) in [7, 11) is 0. The van der Waals surface area contributed by atoms with Gasteiger partial charge in [-0.3, -0.25) is 0 Å². The summed E-state index contributed by atoms with van der Waals surface area (Å²) in [4.78, 5) is 8.21. The van der Waals surface area contributed by atoms with E-state index in [4.69, 9.17) is 0 Å². The molecule has 1 aromatic heterocycles. The molecule has 0 aliphatic rings. The van der Waals surface area contributed by atoms with Crippen LogP contribution >= 0.6 is 0 Å². The molecule has 0 aliphatic carbocycles. The van der Waals surface area contributed by atoms with Crippen LogP contribution in [0.15, 0.2) is 24.5 Å². The summed E-state index contributed by atoms with van der Waals surface area (Å²) in [5.74, 6) is 0.209. The van der Waals surface area contributed by atoms with Crippen molar-refractivity contribution in [2.24, 2.45) is 0 Å². The first-order chi connectivity index (χ1) is 8.58. The summed E-state index contributed by atoms with van der Waals surface area (Å²) < 4.78 is 13.3. The van der Waals surface area contributed by atoms with Gasteiger partial charge in [-0.1, -0.05) is 6.92 Å². The molecule has 96 valence electrons. The SMILES string of the molecule is CCC(C)(CO)Nc1ncnc2ccc(F)cc12. The lowest BCUT2D eigenvalue weighted by Gasteiger charge is -2.28. The Morgan fingerprint density at radius 3 is 2.83 bits per heavy atom. The number of anilines is 1. The van der Waals surface area contributed by atoms with Crippen molar-refractivity contribution >= 4 is 16.7 Å².